The number of hydrogen-bond donors (Lipinski definition) is 3. The van der Waals surface area contributed by atoms with Gasteiger partial charge in [0.05, 0.1) is 46.8 Å². The number of aryl methyl sites for hydroxylation is 1. The molecule has 2 aromatic carbocycles. The van der Waals surface area contributed by atoms with Crippen molar-refractivity contribution in [1.29, 1.82) is 0 Å². The summed E-state index contributed by atoms with van der Waals surface area (Å²) in [6.45, 7) is 5.08. The first-order valence-electron chi connectivity index (χ1n) is 14.7. The molecule has 1 aliphatic rings. The number of sulfonamides is 1. The highest BCUT2D eigenvalue weighted by molar-refractivity contribution is 7.92. The Balaban J connectivity index is 1.72. The molecule has 4 aromatic rings. The Labute approximate surface area is 280 Å². The highest BCUT2D eigenvalue weighted by Gasteiger charge is 2.55. The third-order valence-corrected chi connectivity index (χ3v) is 8.19. The Hall–Kier alpha value is -4.32. The number of rotatable bonds is 7. The molecule has 1 aliphatic carbocycles. The molecule has 48 heavy (non-hydrogen) atoms. The van der Waals surface area contributed by atoms with Gasteiger partial charge in [0.15, 0.2) is 5.82 Å². The maximum Gasteiger partial charge on any atom is 0.408 e. The van der Waals surface area contributed by atoms with Gasteiger partial charge in [-0.1, -0.05) is 35.7 Å². The van der Waals surface area contributed by atoms with E-state index in [1.54, 1.807) is 52.1 Å². The lowest BCUT2D eigenvalue weighted by atomic mass is 9.77. The molecule has 5 rings (SSSR count). The average Bonchev–Trinajstić information content (AvgIpc) is 3.24. The van der Waals surface area contributed by atoms with Crippen LogP contribution in [0.1, 0.15) is 56.6 Å². The number of ether oxygens (including phenoxy) is 1. The number of hydrogen-bond acceptors (Lipinski definition) is 7. The van der Waals surface area contributed by atoms with Gasteiger partial charge in [0, 0.05) is 18.2 Å². The van der Waals surface area contributed by atoms with Crippen molar-refractivity contribution in [3.05, 3.63) is 76.3 Å². The van der Waals surface area contributed by atoms with Gasteiger partial charge in [-0.05, 0) is 69.0 Å². The Morgan fingerprint density at radius 2 is 1.85 bits per heavy atom. The van der Waals surface area contributed by atoms with E-state index in [2.05, 4.69) is 27.0 Å². The molecule has 0 unspecified atom stereocenters. The van der Waals surface area contributed by atoms with Crippen molar-refractivity contribution in [2.45, 2.75) is 63.2 Å². The number of amides is 1. The SMILES string of the molecule is Cn1nc(NS(C)(=O)=O)c2c(Cl)ccc(-c3ccc(C#CC4(O)CC(F)(F)C4)nc3[C@H](Cc3cccc(F)c3)NC(=O)OC(C)(C)C)c21. The fourth-order valence-corrected chi connectivity index (χ4v) is 6.25. The minimum atomic E-state index is -3.74. The van der Waals surface area contributed by atoms with E-state index >= 15 is 0 Å². The first-order valence-corrected chi connectivity index (χ1v) is 17.0. The van der Waals surface area contributed by atoms with Gasteiger partial charge in [-0.15, -0.1) is 0 Å². The summed E-state index contributed by atoms with van der Waals surface area (Å²) in [4.78, 5) is 17.9. The van der Waals surface area contributed by atoms with Crippen molar-refractivity contribution >= 4 is 44.4 Å². The van der Waals surface area contributed by atoms with Crippen LogP contribution in [0.3, 0.4) is 0 Å². The van der Waals surface area contributed by atoms with Crippen molar-refractivity contribution < 1.29 is 36.2 Å². The number of nitrogens with one attached hydrogen (secondary N) is 2. The van der Waals surface area contributed by atoms with E-state index in [0.29, 0.717) is 27.6 Å². The van der Waals surface area contributed by atoms with Crippen LogP contribution in [0, 0.1) is 17.7 Å². The van der Waals surface area contributed by atoms with E-state index in [1.807, 2.05) is 0 Å². The summed E-state index contributed by atoms with van der Waals surface area (Å²) in [5.74, 6) is 1.66. The lowest BCUT2D eigenvalue weighted by molar-refractivity contribution is -0.176. The molecule has 0 radical (unpaired) electrons. The highest BCUT2D eigenvalue weighted by atomic mass is 35.5. The quantitative estimate of drug-likeness (QED) is 0.198. The maximum absolute atomic E-state index is 14.3. The summed E-state index contributed by atoms with van der Waals surface area (Å²) < 4.78 is 75.0. The van der Waals surface area contributed by atoms with E-state index in [1.165, 1.54) is 28.9 Å². The average molecular weight is 704 g/mol. The molecule has 0 saturated heterocycles. The molecule has 0 bridgehead atoms. The van der Waals surface area contributed by atoms with E-state index in [0.717, 1.165) is 6.26 Å². The van der Waals surface area contributed by atoms with E-state index in [4.69, 9.17) is 21.3 Å². The smallest absolute Gasteiger partial charge is 0.408 e. The molecule has 0 aliphatic heterocycles. The predicted octanol–water partition coefficient (Wildman–Crippen LogP) is 6.12. The lowest BCUT2D eigenvalue weighted by Crippen LogP contribution is -2.50. The van der Waals surface area contributed by atoms with E-state index in [-0.39, 0.29) is 28.6 Å². The Bertz CT molecular complexity index is 2080. The number of carbonyl (C=O) groups excluding carboxylic acids is 1. The molecule has 1 amide bonds. The molecule has 10 nitrogen and oxygen atoms in total. The molecular weight excluding hydrogens is 671 g/mol. The van der Waals surface area contributed by atoms with Crippen LogP contribution in [0.15, 0.2) is 48.5 Å². The van der Waals surface area contributed by atoms with Crippen molar-refractivity contribution in [3.8, 4) is 23.0 Å². The van der Waals surface area contributed by atoms with Gasteiger partial charge in [-0.25, -0.2) is 31.4 Å². The summed E-state index contributed by atoms with van der Waals surface area (Å²) in [6, 6.07) is 11.2. The van der Waals surface area contributed by atoms with Crippen LogP contribution < -0.4 is 10.0 Å². The number of nitrogens with zero attached hydrogens (tertiary/aromatic N) is 3. The van der Waals surface area contributed by atoms with Crippen molar-refractivity contribution in [2.75, 3.05) is 11.0 Å². The molecule has 1 fully saturated rings. The zero-order chi connectivity index (χ0) is 35.2. The van der Waals surface area contributed by atoms with Crippen LogP contribution in [-0.4, -0.2) is 57.8 Å². The summed E-state index contributed by atoms with van der Waals surface area (Å²) in [7, 11) is -2.14. The van der Waals surface area contributed by atoms with Gasteiger partial charge in [-0.2, -0.15) is 5.10 Å². The van der Waals surface area contributed by atoms with Gasteiger partial charge in [-0.3, -0.25) is 9.40 Å². The standard InChI is InChI=1S/C33H33ClF3N5O5S/c1-31(2,3)47-30(43)39-25(16-19-7-6-8-20(35)15-19)27-22(10-9-21(38-27)13-14-32(44)17-33(36,37)18-32)23-11-12-24(34)26-28(23)42(4)40-29(26)41-48(5,45)46/h6-12,15,25,44H,16-18H2,1-5H3,(H,39,43)(H,40,41)/t25-/m0/s1. The Morgan fingerprint density at radius 1 is 1.17 bits per heavy atom. The second-order valence-corrected chi connectivity index (χ2v) is 15.0. The fraction of sp³-hybridized carbons (Fsp3) is 0.364. The van der Waals surface area contributed by atoms with Gasteiger partial charge < -0.3 is 15.2 Å². The molecule has 1 atom stereocenters. The van der Waals surface area contributed by atoms with E-state index in [9.17, 15) is 31.5 Å². The Kier molecular flexibility index (Phi) is 9.19. The number of aromatic nitrogens is 3. The first-order chi connectivity index (χ1) is 22.2. The van der Waals surface area contributed by atoms with Crippen LogP contribution in [-0.2, 0) is 28.2 Å². The number of aliphatic hydroxyl groups is 1. The minimum Gasteiger partial charge on any atom is -0.444 e. The second kappa shape index (κ2) is 12.6. The van der Waals surface area contributed by atoms with Crippen LogP contribution in [0.2, 0.25) is 5.02 Å². The number of anilines is 1. The number of alkyl halides is 2. The molecule has 2 heterocycles. The summed E-state index contributed by atoms with van der Waals surface area (Å²) in [6.07, 6.45) is -1.40. The van der Waals surface area contributed by atoms with Crippen molar-refractivity contribution in [2.24, 2.45) is 7.05 Å². The monoisotopic (exact) mass is 703 g/mol. The summed E-state index contributed by atoms with van der Waals surface area (Å²) >= 11 is 6.56. The molecule has 3 N–H and O–H groups in total. The highest BCUT2D eigenvalue weighted by Crippen LogP contribution is 2.45. The Morgan fingerprint density at radius 3 is 2.48 bits per heavy atom. The van der Waals surface area contributed by atoms with Gasteiger partial charge >= 0.3 is 6.09 Å². The van der Waals surface area contributed by atoms with Crippen LogP contribution in [0.25, 0.3) is 22.0 Å². The molecular formula is C33H33ClF3N5O5S. The number of alkyl carbamates (subject to hydrolysis) is 1. The first kappa shape index (κ1) is 35.0. The fourth-order valence-electron chi connectivity index (χ4n) is 5.52. The van der Waals surface area contributed by atoms with Crippen molar-refractivity contribution in [1.82, 2.24) is 20.1 Å². The maximum atomic E-state index is 14.3. The molecule has 15 heteroatoms. The zero-order valence-electron chi connectivity index (χ0n) is 26.7. The molecule has 0 spiro atoms. The number of fused-ring (bicyclic) bond motifs is 1. The number of benzene rings is 2. The minimum absolute atomic E-state index is 0.00687. The lowest BCUT2D eigenvalue weighted by Gasteiger charge is -2.39. The number of halogens is 4. The predicted molar refractivity (Wildman–Crippen MR) is 176 cm³/mol. The molecule has 2 aromatic heterocycles. The normalized spacial score (nSPS) is 16.0. The van der Waals surface area contributed by atoms with Gasteiger partial charge in [0.2, 0.25) is 10.0 Å². The van der Waals surface area contributed by atoms with Gasteiger partial charge in [0.1, 0.15) is 22.7 Å². The summed E-state index contributed by atoms with van der Waals surface area (Å²) in [5, 5.41) is 18.1. The van der Waals surface area contributed by atoms with Gasteiger partial charge in [0.25, 0.3) is 5.92 Å². The topological polar surface area (TPSA) is 135 Å². The third kappa shape index (κ3) is 8.21. The third-order valence-electron chi connectivity index (χ3n) is 7.31. The molecule has 254 valence electrons. The van der Waals surface area contributed by atoms with Crippen LogP contribution in [0.4, 0.5) is 23.8 Å². The summed E-state index contributed by atoms with van der Waals surface area (Å²) in [5.41, 5.74) is -0.580. The second-order valence-electron chi connectivity index (χ2n) is 12.8. The van der Waals surface area contributed by atoms with Crippen molar-refractivity contribution in [3.63, 3.8) is 0 Å². The zero-order valence-corrected chi connectivity index (χ0v) is 28.2. The largest absolute Gasteiger partial charge is 0.444 e. The molecule has 1 saturated carbocycles. The number of carbonyl (C=O) groups is 1. The van der Waals surface area contributed by atoms with E-state index < -0.39 is 57.9 Å². The number of pyridine rings is 1. The van der Waals surface area contributed by atoms with Crippen LogP contribution >= 0.6 is 11.6 Å². The van der Waals surface area contributed by atoms with Crippen LogP contribution in [0.5, 0.6) is 0 Å².